The van der Waals surface area contributed by atoms with Gasteiger partial charge in [-0.15, -0.1) is 0 Å². The minimum atomic E-state index is 0.125. The molecule has 0 aliphatic rings. The Labute approximate surface area is 123 Å². The van der Waals surface area contributed by atoms with Crippen molar-refractivity contribution >= 4 is 37.6 Å². The molecule has 2 aromatic carbocycles. The highest BCUT2D eigenvalue weighted by Gasteiger charge is 2.10. The lowest BCUT2D eigenvalue weighted by atomic mass is 10.0. The molecule has 0 fully saturated rings. The number of ketones is 1. The lowest BCUT2D eigenvalue weighted by Gasteiger charge is -2.05. The van der Waals surface area contributed by atoms with Crippen molar-refractivity contribution in [3.63, 3.8) is 0 Å². The van der Waals surface area contributed by atoms with Gasteiger partial charge < -0.3 is 0 Å². The highest BCUT2D eigenvalue weighted by atomic mass is 79.9. The Balaban J connectivity index is 2.22. The molecule has 3 heteroatoms. The zero-order valence-electron chi connectivity index (χ0n) is 9.91. The molecule has 2 rings (SSSR count). The number of hydrogen-bond donors (Lipinski definition) is 0. The molecule has 0 aromatic heterocycles. The molecular formula is C15H12Br2O. The van der Waals surface area contributed by atoms with Crippen LogP contribution in [0.3, 0.4) is 0 Å². The summed E-state index contributed by atoms with van der Waals surface area (Å²) in [7, 11) is 0. The first-order valence-corrected chi connectivity index (χ1v) is 7.18. The summed E-state index contributed by atoms with van der Waals surface area (Å²) in [5.74, 6) is 0.125. The van der Waals surface area contributed by atoms with Gasteiger partial charge in [0.15, 0.2) is 5.78 Å². The van der Waals surface area contributed by atoms with E-state index in [9.17, 15) is 4.79 Å². The first kappa shape index (κ1) is 13.5. The lowest BCUT2D eigenvalue weighted by molar-refractivity contribution is 0.0992. The summed E-state index contributed by atoms with van der Waals surface area (Å²) in [4.78, 5) is 12.2. The standard InChI is InChI=1S/C15H12Br2O/c1-10-5-6-13(14(17)7-10)15(18)9-11-3-2-4-12(16)8-11/h2-8H,9H2,1H3. The van der Waals surface area contributed by atoms with Gasteiger partial charge in [-0.1, -0.05) is 50.1 Å². The number of aryl methyl sites for hydroxylation is 1. The lowest BCUT2D eigenvalue weighted by Crippen LogP contribution is -2.04. The highest BCUT2D eigenvalue weighted by molar-refractivity contribution is 9.10. The summed E-state index contributed by atoms with van der Waals surface area (Å²) >= 11 is 6.86. The topological polar surface area (TPSA) is 17.1 Å². The van der Waals surface area contributed by atoms with Crippen molar-refractivity contribution in [2.45, 2.75) is 13.3 Å². The maximum absolute atomic E-state index is 12.2. The molecule has 0 amide bonds. The fourth-order valence-electron chi connectivity index (χ4n) is 1.77. The van der Waals surface area contributed by atoms with Crippen LogP contribution in [-0.4, -0.2) is 5.78 Å². The first-order chi connectivity index (χ1) is 8.56. The summed E-state index contributed by atoms with van der Waals surface area (Å²) in [5, 5.41) is 0. The summed E-state index contributed by atoms with van der Waals surface area (Å²) < 4.78 is 1.86. The maximum Gasteiger partial charge on any atom is 0.168 e. The third-order valence-corrected chi connectivity index (χ3v) is 3.83. The second kappa shape index (κ2) is 5.81. The normalized spacial score (nSPS) is 10.4. The smallest absolute Gasteiger partial charge is 0.168 e. The van der Waals surface area contributed by atoms with Crippen molar-refractivity contribution in [1.82, 2.24) is 0 Å². The highest BCUT2D eigenvalue weighted by Crippen LogP contribution is 2.21. The van der Waals surface area contributed by atoms with E-state index in [4.69, 9.17) is 0 Å². The molecule has 0 saturated carbocycles. The minimum absolute atomic E-state index is 0.125. The molecule has 0 spiro atoms. The zero-order valence-corrected chi connectivity index (χ0v) is 13.1. The van der Waals surface area contributed by atoms with E-state index in [0.29, 0.717) is 6.42 Å². The molecule has 0 aliphatic heterocycles. The van der Waals surface area contributed by atoms with Gasteiger partial charge in [0.25, 0.3) is 0 Å². The van der Waals surface area contributed by atoms with E-state index in [2.05, 4.69) is 31.9 Å². The number of carbonyl (C=O) groups is 1. The van der Waals surface area contributed by atoms with Crippen molar-refractivity contribution in [3.8, 4) is 0 Å². The van der Waals surface area contributed by atoms with E-state index in [1.807, 2.05) is 49.4 Å². The van der Waals surface area contributed by atoms with E-state index in [0.717, 1.165) is 25.6 Å². The van der Waals surface area contributed by atoms with Crippen LogP contribution in [0.5, 0.6) is 0 Å². The Bertz CT molecular complexity index is 591. The Kier molecular flexibility index (Phi) is 4.36. The van der Waals surface area contributed by atoms with Gasteiger partial charge in [-0.05, 0) is 42.3 Å². The van der Waals surface area contributed by atoms with Crippen molar-refractivity contribution in [3.05, 3.63) is 68.1 Å². The number of halogens is 2. The van der Waals surface area contributed by atoms with E-state index >= 15 is 0 Å². The predicted octanol–water partition coefficient (Wildman–Crippen LogP) is 4.95. The van der Waals surface area contributed by atoms with Gasteiger partial charge in [0, 0.05) is 20.9 Å². The predicted molar refractivity (Wildman–Crippen MR) is 81.1 cm³/mol. The summed E-state index contributed by atoms with van der Waals surface area (Å²) in [6, 6.07) is 13.6. The van der Waals surface area contributed by atoms with Crippen molar-refractivity contribution in [2.75, 3.05) is 0 Å². The Morgan fingerprint density at radius 1 is 1.11 bits per heavy atom. The first-order valence-electron chi connectivity index (χ1n) is 5.60. The van der Waals surface area contributed by atoms with Crippen LogP contribution in [0.15, 0.2) is 51.4 Å². The second-order valence-electron chi connectivity index (χ2n) is 4.21. The van der Waals surface area contributed by atoms with Crippen LogP contribution in [-0.2, 0) is 6.42 Å². The van der Waals surface area contributed by atoms with Crippen LogP contribution in [0, 0.1) is 6.92 Å². The molecule has 1 nitrogen and oxygen atoms in total. The molecule has 0 heterocycles. The van der Waals surface area contributed by atoms with Gasteiger partial charge >= 0.3 is 0 Å². The molecule has 0 aliphatic carbocycles. The summed E-state index contributed by atoms with van der Waals surface area (Å²) in [5.41, 5.74) is 2.89. The van der Waals surface area contributed by atoms with Crippen LogP contribution < -0.4 is 0 Å². The molecule has 0 atom stereocenters. The van der Waals surface area contributed by atoms with Gasteiger partial charge in [0.1, 0.15) is 0 Å². The van der Waals surface area contributed by atoms with E-state index < -0.39 is 0 Å². The van der Waals surface area contributed by atoms with Crippen LogP contribution in [0.4, 0.5) is 0 Å². The van der Waals surface area contributed by atoms with Crippen LogP contribution in [0.25, 0.3) is 0 Å². The third kappa shape index (κ3) is 3.30. The Morgan fingerprint density at radius 3 is 2.56 bits per heavy atom. The third-order valence-electron chi connectivity index (χ3n) is 2.68. The maximum atomic E-state index is 12.2. The van der Waals surface area contributed by atoms with Crippen molar-refractivity contribution in [1.29, 1.82) is 0 Å². The van der Waals surface area contributed by atoms with E-state index in [-0.39, 0.29) is 5.78 Å². The van der Waals surface area contributed by atoms with Crippen molar-refractivity contribution < 1.29 is 4.79 Å². The van der Waals surface area contributed by atoms with Crippen LogP contribution in [0.2, 0.25) is 0 Å². The quantitative estimate of drug-likeness (QED) is 0.701. The SMILES string of the molecule is Cc1ccc(C(=O)Cc2cccc(Br)c2)c(Br)c1. The molecule has 0 radical (unpaired) electrons. The average Bonchev–Trinajstić information content (AvgIpc) is 2.28. The second-order valence-corrected chi connectivity index (χ2v) is 5.98. The minimum Gasteiger partial charge on any atom is -0.294 e. The van der Waals surface area contributed by atoms with Crippen molar-refractivity contribution in [2.24, 2.45) is 0 Å². The van der Waals surface area contributed by atoms with Crippen LogP contribution >= 0.6 is 31.9 Å². The van der Waals surface area contributed by atoms with Gasteiger partial charge in [0.05, 0.1) is 0 Å². The number of benzene rings is 2. The molecule has 92 valence electrons. The fraction of sp³-hybridized carbons (Fsp3) is 0.133. The number of carbonyl (C=O) groups excluding carboxylic acids is 1. The molecule has 0 saturated heterocycles. The molecular weight excluding hydrogens is 356 g/mol. The Hall–Kier alpha value is -0.930. The van der Waals surface area contributed by atoms with Gasteiger partial charge in [0.2, 0.25) is 0 Å². The zero-order chi connectivity index (χ0) is 13.1. The van der Waals surface area contributed by atoms with Crippen LogP contribution in [0.1, 0.15) is 21.5 Å². The largest absolute Gasteiger partial charge is 0.294 e. The van der Waals surface area contributed by atoms with E-state index in [1.54, 1.807) is 0 Å². The Morgan fingerprint density at radius 2 is 1.89 bits per heavy atom. The number of hydrogen-bond acceptors (Lipinski definition) is 1. The molecule has 0 N–H and O–H groups in total. The number of Topliss-reactive ketones (excluding diaryl/α,β-unsaturated/α-hetero) is 1. The van der Waals surface area contributed by atoms with Gasteiger partial charge in [-0.2, -0.15) is 0 Å². The molecule has 0 unspecified atom stereocenters. The molecule has 18 heavy (non-hydrogen) atoms. The van der Waals surface area contributed by atoms with E-state index in [1.165, 1.54) is 0 Å². The summed E-state index contributed by atoms with van der Waals surface area (Å²) in [6.07, 6.45) is 0.418. The number of rotatable bonds is 3. The average molecular weight is 368 g/mol. The molecule has 0 bridgehead atoms. The van der Waals surface area contributed by atoms with Gasteiger partial charge in [-0.25, -0.2) is 0 Å². The summed E-state index contributed by atoms with van der Waals surface area (Å²) in [6.45, 7) is 2.01. The van der Waals surface area contributed by atoms with Gasteiger partial charge in [-0.3, -0.25) is 4.79 Å². The monoisotopic (exact) mass is 366 g/mol. The fourth-order valence-corrected chi connectivity index (χ4v) is 2.93. The molecule has 2 aromatic rings.